The normalized spacial score (nSPS) is 10.6. The molecule has 3 nitrogen and oxygen atoms in total. The van der Waals surface area contributed by atoms with E-state index >= 15 is 0 Å². The maximum absolute atomic E-state index is 12.7. The molecule has 1 aromatic rings. The number of carbonyl (C=O) groups is 1. The van der Waals surface area contributed by atoms with Crippen molar-refractivity contribution in [2.45, 2.75) is 13.3 Å². The summed E-state index contributed by atoms with van der Waals surface area (Å²) in [6.45, 7) is 1.80. The zero-order chi connectivity index (χ0) is 12.3. The van der Waals surface area contributed by atoms with E-state index in [1.807, 2.05) is 0 Å². The predicted molar refractivity (Wildman–Crippen MR) is 65.6 cm³/mol. The molecule has 0 atom stereocenters. The molecule has 0 unspecified atom stereocenters. The Bertz CT molecular complexity index is 415. The van der Waals surface area contributed by atoms with Gasteiger partial charge in [-0.25, -0.2) is 18.6 Å². The number of carbonyl (C=O) groups excluding carboxylic acids is 1. The van der Waals surface area contributed by atoms with Crippen molar-refractivity contribution in [1.29, 1.82) is 0 Å². The van der Waals surface area contributed by atoms with E-state index in [9.17, 15) is 13.6 Å². The lowest BCUT2D eigenvalue weighted by Crippen LogP contribution is -2.10. The van der Waals surface area contributed by atoms with Crippen molar-refractivity contribution in [3.8, 4) is 0 Å². The van der Waals surface area contributed by atoms with Crippen LogP contribution < -0.4 is 0 Å². The van der Waals surface area contributed by atoms with E-state index in [1.54, 1.807) is 29.5 Å². The Balaban J connectivity index is 3.23. The van der Waals surface area contributed by atoms with Crippen molar-refractivity contribution in [1.82, 2.24) is 4.98 Å². The summed E-state index contributed by atoms with van der Waals surface area (Å²) in [5, 5.41) is 0. The van der Waals surface area contributed by atoms with Gasteiger partial charge in [-0.05, 0) is 45.4 Å². The van der Waals surface area contributed by atoms with E-state index in [2.05, 4.69) is 20.9 Å². The maximum atomic E-state index is 12.7. The smallest absolute Gasteiger partial charge is 0.358 e. The van der Waals surface area contributed by atoms with E-state index in [1.165, 1.54) is 6.20 Å². The van der Waals surface area contributed by atoms with Crippen LogP contribution in [-0.2, 0) is 4.74 Å². The van der Waals surface area contributed by atoms with Gasteiger partial charge in [-0.15, -0.1) is 0 Å². The predicted octanol–water partition coefficient (Wildman–Crippen LogP) is 3.56. The molecule has 1 heterocycles. The van der Waals surface area contributed by atoms with Crippen LogP contribution in [0.25, 0.3) is 0 Å². The highest BCUT2D eigenvalue weighted by Gasteiger charge is 2.23. The molecule has 16 heavy (non-hydrogen) atoms. The quantitative estimate of drug-likeness (QED) is 0.570. The van der Waals surface area contributed by atoms with Crippen molar-refractivity contribution in [3.63, 3.8) is 0 Å². The van der Waals surface area contributed by atoms with Gasteiger partial charge in [-0.1, -0.05) is 0 Å². The van der Waals surface area contributed by atoms with Gasteiger partial charge in [0.25, 0.3) is 6.43 Å². The van der Waals surface area contributed by atoms with Crippen LogP contribution in [0.2, 0.25) is 0 Å². The Hall–Kier alpha value is -0.310. The molecule has 0 aromatic carbocycles. The first kappa shape index (κ1) is 13.8. The second kappa shape index (κ2) is 5.85. The van der Waals surface area contributed by atoms with Crippen molar-refractivity contribution in [2.24, 2.45) is 0 Å². The number of esters is 1. The first-order valence-electron chi connectivity index (χ1n) is 4.28. The summed E-state index contributed by atoms with van der Waals surface area (Å²) in [6.07, 6.45) is -1.45. The number of rotatable bonds is 3. The molecule has 0 bridgehead atoms. The average Bonchev–Trinajstić information content (AvgIpc) is 2.17. The van der Waals surface area contributed by atoms with Crippen molar-refractivity contribution < 1.29 is 18.3 Å². The number of nitrogens with zero attached hydrogens (tertiary/aromatic N) is 1. The lowest BCUT2D eigenvalue weighted by atomic mass is 10.2. The summed E-state index contributed by atoms with van der Waals surface area (Å²) in [5.74, 6) is -0.715. The van der Waals surface area contributed by atoms with Crippen LogP contribution in [0.5, 0.6) is 0 Å². The van der Waals surface area contributed by atoms with Crippen LogP contribution in [0, 0.1) is 3.57 Å². The molecule has 0 aliphatic carbocycles. The minimum absolute atomic E-state index is 0.00662. The molecular formula is C9H7BrF2INO2. The van der Waals surface area contributed by atoms with Gasteiger partial charge in [0.05, 0.1) is 11.1 Å². The summed E-state index contributed by atoms with van der Waals surface area (Å²) >= 11 is 4.69. The van der Waals surface area contributed by atoms with Gasteiger partial charge in [0, 0.05) is 15.3 Å². The van der Waals surface area contributed by atoms with Gasteiger partial charge < -0.3 is 4.74 Å². The number of ether oxygens (including phenoxy) is 1. The first-order chi connectivity index (χ1) is 7.49. The van der Waals surface area contributed by atoms with Crippen molar-refractivity contribution in [3.05, 3.63) is 25.5 Å². The number of aromatic nitrogens is 1. The molecule has 0 spiro atoms. The molecule has 0 aliphatic heterocycles. The van der Waals surface area contributed by atoms with Crippen LogP contribution >= 0.6 is 38.5 Å². The molecular weight excluding hydrogens is 399 g/mol. The Morgan fingerprint density at radius 2 is 2.31 bits per heavy atom. The fraction of sp³-hybridized carbons (Fsp3) is 0.333. The molecule has 0 amide bonds. The summed E-state index contributed by atoms with van der Waals surface area (Å²) in [5.41, 5.74) is -0.365. The molecule has 88 valence electrons. The minimum atomic E-state index is -2.67. The third-order valence-corrected chi connectivity index (χ3v) is 3.36. The standard InChI is InChI=1S/C9H7BrF2INO2/c1-2-16-9(15)7-6(10)5(8(11)12)4(13)3-14-7/h3,8H,2H2,1H3. The molecule has 0 fully saturated rings. The van der Waals surface area contributed by atoms with E-state index < -0.39 is 12.4 Å². The van der Waals surface area contributed by atoms with Crippen molar-refractivity contribution >= 4 is 44.5 Å². The number of hydrogen-bond donors (Lipinski definition) is 0. The largest absolute Gasteiger partial charge is 0.461 e. The van der Waals surface area contributed by atoms with E-state index in [0.29, 0.717) is 3.57 Å². The van der Waals surface area contributed by atoms with Gasteiger partial charge in [-0.2, -0.15) is 0 Å². The molecule has 7 heteroatoms. The zero-order valence-electron chi connectivity index (χ0n) is 8.14. The van der Waals surface area contributed by atoms with Gasteiger partial charge in [0.2, 0.25) is 0 Å². The van der Waals surface area contributed by atoms with E-state index in [0.717, 1.165) is 0 Å². The summed E-state index contributed by atoms with van der Waals surface area (Å²) < 4.78 is 30.4. The fourth-order valence-corrected chi connectivity index (χ4v) is 2.69. The van der Waals surface area contributed by atoms with Gasteiger partial charge in [0.15, 0.2) is 5.69 Å². The number of alkyl halides is 2. The Labute approximate surface area is 113 Å². The van der Waals surface area contributed by atoms with E-state index in [-0.39, 0.29) is 22.3 Å². The van der Waals surface area contributed by atoms with E-state index in [4.69, 9.17) is 4.74 Å². The fourth-order valence-electron chi connectivity index (χ4n) is 1.02. The Morgan fingerprint density at radius 1 is 1.69 bits per heavy atom. The molecule has 1 rings (SSSR count). The van der Waals surface area contributed by atoms with Crippen LogP contribution in [0.3, 0.4) is 0 Å². The molecule has 0 saturated carbocycles. The number of pyridine rings is 1. The molecule has 0 radical (unpaired) electrons. The van der Waals surface area contributed by atoms with Gasteiger partial charge >= 0.3 is 5.97 Å². The Kier molecular flexibility index (Phi) is 5.03. The van der Waals surface area contributed by atoms with Crippen molar-refractivity contribution in [2.75, 3.05) is 6.61 Å². The van der Waals surface area contributed by atoms with Gasteiger partial charge in [-0.3, -0.25) is 0 Å². The number of halogens is 4. The average molecular weight is 406 g/mol. The van der Waals surface area contributed by atoms with Crippen LogP contribution in [0.4, 0.5) is 8.78 Å². The highest BCUT2D eigenvalue weighted by atomic mass is 127. The maximum Gasteiger partial charge on any atom is 0.358 e. The second-order valence-corrected chi connectivity index (χ2v) is 4.66. The third-order valence-electron chi connectivity index (χ3n) is 1.70. The topological polar surface area (TPSA) is 39.2 Å². The molecule has 1 aromatic heterocycles. The summed E-state index contributed by atoms with van der Waals surface area (Å²) in [7, 11) is 0. The third kappa shape index (κ3) is 2.88. The van der Waals surface area contributed by atoms with Crippen LogP contribution in [0.15, 0.2) is 10.7 Å². The summed E-state index contributed by atoms with van der Waals surface area (Å²) in [6, 6.07) is 0. The van der Waals surface area contributed by atoms with Gasteiger partial charge in [0.1, 0.15) is 0 Å². The lowest BCUT2D eigenvalue weighted by molar-refractivity contribution is 0.0517. The van der Waals surface area contributed by atoms with Crippen LogP contribution in [-0.4, -0.2) is 17.6 Å². The SMILES string of the molecule is CCOC(=O)c1ncc(I)c(C(F)F)c1Br. The molecule has 0 aliphatic rings. The zero-order valence-corrected chi connectivity index (χ0v) is 11.9. The number of hydrogen-bond acceptors (Lipinski definition) is 3. The van der Waals surface area contributed by atoms with Crippen LogP contribution in [0.1, 0.15) is 29.4 Å². The monoisotopic (exact) mass is 405 g/mol. The minimum Gasteiger partial charge on any atom is -0.461 e. The highest BCUT2D eigenvalue weighted by Crippen LogP contribution is 2.33. The lowest BCUT2D eigenvalue weighted by Gasteiger charge is -2.09. The molecule has 0 N–H and O–H groups in total. The highest BCUT2D eigenvalue weighted by molar-refractivity contribution is 14.1. The summed E-state index contributed by atoms with van der Waals surface area (Å²) in [4.78, 5) is 15.2. The Morgan fingerprint density at radius 3 is 2.81 bits per heavy atom. The first-order valence-corrected chi connectivity index (χ1v) is 6.15. The second-order valence-electron chi connectivity index (χ2n) is 2.70. The molecule has 0 saturated heterocycles.